The third-order valence-electron chi connectivity index (χ3n) is 6.71. The summed E-state index contributed by atoms with van der Waals surface area (Å²) in [5, 5.41) is 19.2. The number of nitriles is 1. The first-order chi connectivity index (χ1) is 17.1. The van der Waals surface area contributed by atoms with Gasteiger partial charge in [-0.1, -0.05) is 24.3 Å². The zero-order valence-corrected chi connectivity index (χ0v) is 19.6. The smallest absolute Gasteiger partial charge is 0.150 e. The van der Waals surface area contributed by atoms with Crippen molar-refractivity contribution in [3.8, 4) is 23.3 Å². The second-order valence-electron chi connectivity index (χ2n) is 9.10. The zero-order chi connectivity index (χ0) is 24.4. The standard InChI is InChI=1S/C29H27FN2O3/c1-19-26-14-24(33)8-11-27(26)35-29(28(19)22-4-2-20(16-31)3-5-22)23-6-9-25(10-7-23)34-13-12-32-17-21(15-30)18-32/h2-11,14,21,29,33H,12-13,15,17-18H2,1H3/t29-/m1/s1. The predicted octanol–water partition coefficient (Wildman–Crippen LogP) is 5.61. The van der Waals surface area contributed by atoms with Crippen molar-refractivity contribution in [1.29, 1.82) is 5.26 Å². The minimum atomic E-state index is -0.354. The molecule has 35 heavy (non-hydrogen) atoms. The number of halogens is 1. The van der Waals surface area contributed by atoms with E-state index in [1.165, 1.54) is 0 Å². The quantitative estimate of drug-likeness (QED) is 0.486. The summed E-state index contributed by atoms with van der Waals surface area (Å²) in [4.78, 5) is 2.20. The topological polar surface area (TPSA) is 65.7 Å². The van der Waals surface area contributed by atoms with Crippen LogP contribution in [-0.2, 0) is 0 Å². The van der Waals surface area contributed by atoms with Crippen molar-refractivity contribution in [2.75, 3.05) is 32.9 Å². The number of rotatable bonds is 7. The minimum Gasteiger partial charge on any atom is -0.508 e. The molecule has 1 fully saturated rings. The van der Waals surface area contributed by atoms with E-state index in [9.17, 15) is 14.8 Å². The molecule has 3 aromatic carbocycles. The second kappa shape index (κ2) is 9.81. The Labute approximate surface area is 204 Å². The maximum Gasteiger partial charge on any atom is 0.150 e. The number of phenolic OH excluding ortho intramolecular Hbond substituents is 1. The fourth-order valence-corrected chi connectivity index (χ4v) is 4.76. The van der Waals surface area contributed by atoms with Gasteiger partial charge in [0.2, 0.25) is 0 Å². The first-order valence-corrected chi connectivity index (χ1v) is 11.8. The predicted molar refractivity (Wildman–Crippen MR) is 133 cm³/mol. The third kappa shape index (κ3) is 4.73. The maximum atomic E-state index is 12.6. The zero-order valence-electron chi connectivity index (χ0n) is 19.6. The van der Waals surface area contributed by atoms with Crippen LogP contribution in [0.1, 0.15) is 35.3 Å². The van der Waals surface area contributed by atoms with Crippen LogP contribution >= 0.6 is 0 Å². The molecular weight excluding hydrogens is 443 g/mol. The Balaban J connectivity index is 1.38. The van der Waals surface area contributed by atoms with Crippen LogP contribution < -0.4 is 9.47 Å². The van der Waals surface area contributed by atoms with Crippen molar-refractivity contribution in [3.63, 3.8) is 0 Å². The molecule has 0 saturated carbocycles. The lowest BCUT2D eigenvalue weighted by Crippen LogP contribution is -2.49. The summed E-state index contributed by atoms with van der Waals surface area (Å²) < 4.78 is 24.9. The van der Waals surface area contributed by atoms with Crippen molar-refractivity contribution in [2.24, 2.45) is 5.92 Å². The molecule has 0 unspecified atom stereocenters. The van der Waals surface area contributed by atoms with Crippen LogP contribution in [0.3, 0.4) is 0 Å². The molecule has 2 aliphatic heterocycles. The lowest BCUT2D eigenvalue weighted by atomic mass is 9.86. The molecule has 0 spiro atoms. The molecule has 0 radical (unpaired) electrons. The van der Waals surface area contributed by atoms with Crippen LogP contribution in [0, 0.1) is 17.2 Å². The molecule has 5 nitrogen and oxygen atoms in total. The van der Waals surface area contributed by atoms with Gasteiger partial charge < -0.3 is 14.6 Å². The number of fused-ring (bicyclic) bond motifs is 1. The van der Waals surface area contributed by atoms with E-state index in [1.807, 2.05) is 43.3 Å². The number of ether oxygens (including phenoxy) is 2. The number of hydrogen-bond acceptors (Lipinski definition) is 5. The van der Waals surface area contributed by atoms with Crippen LogP contribution in [-0.4, -0.2) is 42.9 Å². The van der Waals surface area contributed by atoms with Gasteiger partial charge in [-0.25, -0.2) is 0 Å². The van der Waals surface area contributed by atoms with E-state index in [0.717, 1.165) is 53.2 Å². The van der Waals surface area contributed by atoms with E-state index in [1.54, 1.807) is 30.3 Å². The van der Waals surface area contributed by atoms with Crippen LogP contribution in [0.5, 0.6) is 17.2 Å². The first-order valence-electron chi connectivity index (χ1n) is 11.8. The molecule has 0 aliphatic carbocycles. The summed E-state index contributed by atoms with van der Waals surface area (Å²) in [5.74, 6) is 1.85. The van der Waals surface area contributed by atoms with Crippen molar-refractivity contribution in [2.45, 2.75) is 13.0 Å². The van der Waals surface area contributed by atoms with Gasteiger partial charge in [0.25, 0.3) is 0 Å². The average molecular weight is 471 g/mol. The minimum absolute atomic E-state index is 0.181. The number of alkyl halides is 1. The van der Waals surface area contributed by atoms with Crippen molar-refractivity contribution in [3.05, 3.63) is 89.0 Å². The third-order valence-corrected chi connectivity index (χ3v) is 6.71. The highest BCUT2D eigenvalue weighted by Gasteiger charge is 2.30. The first kappa shape index (κ1) is 22.9. The van der Waals surface area contributed by atoms with E-state index in [2.05, 4.69) is 11.0 Å². The van der Waals surface area contributed by atoms with Crippen LogP contribution in [0.25, 0.3) is 11.1 Å². The molecule has 178 valence electrons. The number of likely N-dealkylation sites (tertiary alicyclic amines) is 1. The van der Waals surface area contributed by atoms with E-state index >= 15 is 0 Å². The summed E-state index contributed by atoms with van der Waals surface area (Å²) in [5.41, 5.74) is 5.38. The molecule has 1 saturated heterocycles. The molecule has 0 bridgehead atoms. The Morgan fingerprint density at radius 3 is 2.51 bits per heavy atom. The highest BCUT2D eigenvalue weighted by molar-refractivity contribution is 5.95. The molecule has 5 rings (SSSR count). The van der Waals surface area contributed by atoms with E-state index in [4.69, 9.17) is 9.47 Å². The summed E-state index contributed by atoms with van der Waals surface area (Å²) >= 11 is 0. The fraction of sp³-hybridized carbons (Fsp3) is 0.276. The number of phenols is 1. The molecule has 2 heterocycles. The number of aromatic hydroxyl groups is 1. The van der Waals surface area contributed by atoms with Gasteiger partial charge in [-0.15, -0.1) is 0 Å². The lowest BCUT2D eigenvalue weighted by Gasteiger charge is -2.37. The van der Waals surface area contributed by atoms with Crippen LogP contribution in [0.4, 0.5) is 4.39 Å². The average Bonchev–Trinajstić information content (AvgIpc) is 2.86. The van der Waals surface area contributed by atoms with Gasteiger partial charge in [0.15, 0.2) is 0 Å². The largest absolute Gasteiger partial charge is 0.508 e. The number of allylic oxidation sites excluding steroid dienone is 1. The maximum absolute atomic E-state index is 12.6. The second-order valence-corrected chi connectivity index (χ2v) is 9.10. The molecule has 3 aromatic rings. The summed E-state index contributed by atoms with van der Waals surface area (Å²) in [7, 11) is 0. The SMILES string of the molecule is CC1=C(c2ccc(C#N)cc2)[C@@H](c2ccc(OCCN3CC(CF)C3)cc2)Oc2ccc(O)cc21. The molecule has 0 aromatic heterocycles. The molecule has 1 atom stereocenters. The van der Waals surface area contributed by atoms with E-state index < -0.39 is 0 Å². The number of benzene rings is 3. The molecule has 1 N–H and O–H groups in total. The van der Waals surface area contributed by atoms with Gasteiger partial charge in [-0.05, 0) is 66.1 Å². The summed E-state index contributed by atoms with van der Waals surface area (Å²) in [6, 6.07) is 22.7. The molecule has 6 heteroatoms. The van der Waals surface area contributed by atoms with Gasteiger partial charge in [-0.2, -0.15) is 5.26 Å². The van der Waals surface area contributed by atoms with Crippen LogP contribution in [0.15, 0.2) is 66.7 Å². The van der Waals surface area contributed by atoms with Gasteiger partial charge in [0.1, 0.15) is 30.0 Å². The highest BCUT2D eigenvalue weighted by atomic mass is 19.1. The Hall–Kier alpha value is -3.82. The van der Waals surface area contributed by atoms with E-state index in [0.29, 0.717) is 17.9 Å². The summed E-state index contributed by atoms with van der Waals surface area (Å²) in [6.45, 7) is 4.75. The van der Waals surface area contributed by atoms with Crippen molar-refractivity contribution < 1.29 is 19.0 Å². The Morgan fingerprint density at radius 2 is 1.83 bits per heavy atom. The highest BCUT2D eigenvalue weighted by Crippen LogP contribution is 2.47. The van der Waals surface area contributed by atoms with Gasteiger partial charge in [-0.3, -0.25) is 9.29 Å². The molecule has 2 aliphatic rings. The molecule has 0 amide bonds. The lowest BCUT2D eigenvalue weighted by molar-refractivity contribution is 0.0668. The van der Waals surface area contributed by atoms with Gasteiger partial charge in [0, 0.05) is 36.7 Å². The normalized spacial score (nSPS) is 17.8. The number of nitrogens with zero attached hydrogens (tertiary/aromatic N) is 2. The monoisotopic (exact) mass is 470 g/mol. The van der Waals surface area contributed by atoms with Crippen LogP contribution in [0.2, 0.25) is 0 Å². The van der Waals surface area contributed by atoms with Gasteiger partial charge >= 0.3 is 0 Å². The molecular formula is C29H27FN2O3. The Kier molecular flexibility index (Phi) is 6.43. The Bertz CT molecular complexity index is 1270. The fourth-order valence-electron chi connectivity index (χ4n) is 4.76. The van der Waals surface area contributed by atoms with Crippen molar-refractivity contribution in [1.82, 2.24) is 4.90 Å². The Morgan fingerprint density at radius 1 is 1.09 bits per heavy atom. The van der Waals surface area contributed by atoms with Gasteiger partial charge in [0.05, 0.1) is 18.3 Å². The van der Waals surface area contributed by atoms with Crippen molar-refractivity contribution >= 4 is 11.1 Å². The summed E-state index contributed by atoms with van der Waals surface area (Å²) in [6.07, 6.45) is -0.354. The number of hydrogen-bond donors (Lipinski definition) is 1. The van der Waals surface area contributed by atoms with E-state index in [-0.39, 0.29) is 24.4 Å².